The van der Waals surface area contributed by atoms with E-state index in [-0.39, 0.29) is 11.2 Å². The number of hydrogen-bond donors (Lipinski definition) is 2. The fourth-order valence-electron chi connectivity index (χ4n) is 1.81. The van der Waals surface area contributed by atoms with Crippen molar-refractivity contribution in [2.24, 2.45) is 0 Å². The van der Waals surface area contributed by atoms with E-state index in [2.05, 4.69) is 36.4 Å². The van der Waals surface area contributed by atoms with Crippen molar-refractivity contribution in [1.82, 2.24) is 15.2 Å². The van der Waals surface area contributed by atoms with Crippen molar-refractivity contribution >= 4 is 50.6 Å². The summed E-state index contributed by atoms with van der Waals surface area (Å²) in [6.45, 7) is 1.83. The molecule has 0 unspecified atom stereocenters. The number of halogens is 1. The summed E-state index contributed by atoms with van der Waals surface area (Å²) in [6, 6.07) is 11.4. The molecular formula is C15H13BrN4OS2. The molecule has 23 heavy (non-hydrogen) atoms. The van der Waals surface area contributed by atoms with Gasteiger partial charge in [-0.25, -0.2) is 4.98 Å². The Morgan fingerprint density at radius 1 is 1.35 bits per heavy atom. The van der Waals surface area contributed by atoms with Gasteiger partial charge in [-0.2, -0.15) is 0 Å². The van der Waals surface area contributed by atoms with Crippen LogP contribution in [-0.2, 0) is 4.79 Å². The van der Waals surface area contributed by atoms with Crippen LogP contribution in [0.1, 0.15) is 6.92 Å². The molecule has 0 spiro atoms. The maximum absolute atomic E-state index is 12.2. The summed E-state index contributed by atoms with van der Waals surface area (Å²) in [7, 11) is 0. The van der Waals surface area contributed by atoms with Crippen molar-refractivity contribution in [3.05, 3.63) is 46.3 Å². The fourth-order valence-corrected chi connectivity index (χ4v) is 3.46. The van der Waals surface area contributed by atoms with E-state index in [0.717, 1.165) is 20.9 Å². The zero-order valence-corrected chi connectivity index (χ0v) is 15.3. The molecule has 1 aromatic carbocycles. The third kappa shape index (κ3) is 4.21. The number of hydrogen-bond acceptors (Lipinski definition) is 5. The van der Waals surface area contributed by atoms with Crippen LogP contribution >= 0.6 is 39.0 Å². The number of aromatic amines is 1. The minimum Gasteiger partial charge on any atom is -0.325 e. The number of carbonyl (C=O) groups excluding carboxylic acids is 1. The van der Waals surface area contributed by atoms with Gasteiger partial charge in [0.25, 0.3) is 0 Å². The van der Waals surface area contributed by atoms with Crippen molar-refractivity contribution in [3.63, 3.8) is 0 Å². The van der Waals surface area contributed by atoms with Crippen molar-refractivity contribution in [1.29, 1.82) is 0 Å². The largest absolute Gasteiger partial charge is 0.325 e. The molecule has 0 aliphatic rings. The van der Waals surface area contributed by atoms with Gasteiger partial charge in [0.15, 0.2) is 5.82 Å². The Morgan fingerprint density at radius 2 is 2.13 bits per heavy atom. The highest BCUT2D eigenvalue weighted by molar-refractivity contribution is 9.10. The first-order valence-electron chi connectivity index (χ1n) is 6.81. The molecule has 0 saturated carbocycles. The molecule has 3 rings (SSSR count). The van der Waals surface area contributed by atoms with Crippen LogP contribution in [0.25, 0.3) is 10.7 Å². The van der Waals surface area contributed by atoms with Crippen LogP contribution in [0, 0.1) is 0 Å². The monoisotopic (exact) mass is 408 g/mol. The highest BCUT2D eigenvalue weighted by Gasteiger charge is 2.17. The molecule has 2 aromatic heterocycles. The Bertz CT molecular complexity index is 786. The molecule has 0 bridgehead atoms. The Balaban J connectivity index is 1.61. The van der Waals surface area contributed by atoms with Crippen LogP contribution in [0.3, 0.4) is 0 Å². The third-order valence-corrected chi connectivity index (χ3v) is 5.35. The first kappa shape index (κ1) is 16.2. The van der Waals surface area contributed by atoms with Gasteiger partial charge in [0.2, 0.25) is 11.1 Å². The lowest BCUT2D eigenvalue weighted by Crippen LogP contribution is -2.22. The molecule has 118 valence electrons. The smallest absolute Gasteiger partial charge is 0.237 e. The highest BCUT2D eigenvalue weighted by atomic mass is 79.9. The first-order chi connectivity index (χ1) is 11.1. The number of thioether (sulfide) groups is 1. The summed E-state index contributed by atoms with van der Waals surface area (Å²) < 4.78 is 0.972. The summed E-state index contributed by atoms with van der Waals surface area (Å²) in [5.74, 6) is 0.641. The van der Waals surface area contributed by atoms with Crippen LogP contribution in [0.15, 0.2) is 51.4 Å². The van der Waals surface area contributed by atoms with Gasteiger partial charge in [-0.15, -0.1) is 16.4 Å². The van der Waals surface area contributed by atoms with Gasteiger partial charge < -0.3 is 5.32 Å². The second-order valence-corrected chi connectivity index (χ2v) is 7.87. The number of nitrogens with one attached hydrogen (secondary N) is 2. The zero-order chi connectivity index (χ0) is 16.2. The van der Waals surface area contributed by atoms with Crippen LogP contribution < -0.4 is 5.32 Å². The van der Waals surface area contributed by atoms with Gasteiger partial charge in [0.1, 0.15) is 0 Å². The Morgan fingerprint density at radius 3 is 2.83 bits per heavy atom. The maximum Gasteiger partial charge on any atom is 0.237 e. The van der Waals surface area contributed by atoms with Crippen molar-refractivity contribution in [2.45, 2.75) is 17.3 Å². The fraction of sp³-hybridized carbons (Fsp3) is 0.133. The highest BCUT2D eigenvalue weighted by Crippen LogP contribution is 2.26. The van der Waals surface area contributed by atoms with E-state index < -0.39 is 0 Å². The van der Waals surface area contributed by atoms with Gasteiger partial charge in [-0.3, -0.25) is 9.89 Å². The van der Waals surface area contributed by atoms with Crippen molar-refractivity contribution < 1.29 is 4.79 Å². The quantitative estimate of drug-likeness (QED) is 0.613. The lowest BCUT2D eigenvalue weighted by molar-refractivity contribution is -0.115. The molecule has 0 fully saturated rings. The number of rotatable bonds is 5. The van der Waals surface area contributed by atoms with Gasteiger partial charge in [0, 0.05) is 10.2 Å². The average molecular weight is 409 g/mol. The summed E-state index contributed by atoms with van der Waals surface area (Å²) in [4.78, 5) is 17.7. The van der Waals surface area contributed by atoms with Gasteiger partial charge in [-0.1, -0.05) is 33.8 Å². The molecular weight excluding hydrogens is 396 g/mol. The standard InChI is InChI=1S/C15H13BrN4OS2/c1-9(14(21)17-11-6-4-10(16)5-7-11)23-15-18-13(19-20-15)12-3-2-8-22-12/h2-9H,1H3,(H,17,21)(H,18,19,20)/t9-/m0/s1. The Labute approximate surface area is 150 Å². The molecule has 2 heterocycles. The number of benzene rings is 1. The van der Waals surface area contributed by atoms with E-state index in [1.54, 1.807) is 11.3 Å². The SMILES string of the molecule is C[C@H](Sc1n[nH]c(-c2cccs2)n1)C(=O)Nc1ccc(Br)cc1. The molecule has 8 heteroatoms. The summed E-state index contributed by atoms with van der Waals surface area (Å²) in [6.07, 6.45) is 0. The van der Waals surface area contributed by atoms with Crippen LogP contribution in [-0.4, -0.2) is 26.3 Å². The number of aromatic nitrogens is 3. The van der Waals surface area contributed by atoms with Crippen molar-refractivity contribution in [2.75, 3.05) is 5.32 Å². The van der Waals surface area contributed by atoms with Crippen LogP contribution in [0.5, 0.6) is 0 Å². The third-order valence-electron chi connectivity index (χ3n) is 2.98. The number of carbonyl (C=O) groups is 1. The van der Waals surface area contributed by atoms with Gasteiger partial charge in [-0.05, 0) is 42.6 Å². The topological polar surface area (TPSA) is 70.7 Å². The summed E-state index contributed by atoms with van der Waals surface area (Å²) >= 11 is 6.28. The second kappa shape index (κ2) is 7.29. The number of thiophene rings is 1. The number of H-pyrrole nitrogens is 1. The minimum absolute atomic E-state index is 0.0835. The molecule has 0 aliphatic heterocycles. The molecule has 0 aliphatic carbocycles. The first-order valence-corrected chi connectivity index (χ1v) is 9.36. The summed E-state index contributed by atoms with van der Waals surface area (Å²) in [5, 5.41) is 12.2. The van der Waals surface area contributed by atoms with E-state index in [1.165, 1.54) is 11.8 Å². The van der Waals surface area contributed by atoms with E-state index in [4.69, 9.17) is 0 Å². The average Bonchev–Trinajstić information content (AvgIpc) is 3.20. The molecule has 1 amide bonds. The lowest BCUT2D eigenvalue weighted by Gasteiger charge is -2.10. The normalized spacial score (nSPS) is 12.1. The molecule has 2 N–H and O–H groups in total. The van der Waals surface area contributed by atoms with Gasteiger partial charge >= 0.3 is 0 Å². The molecule has 0 saturated heterocycles. The predicted octanol–water partition coefficient (Wildman–Crippen LogP) is 4.42. The van der Waals surface area contributed by atoms with Gasteiger partial charge in [0.05, 0.1) is 10.1 Å². The predicted molar refractivity (Wildman–Crippen MR) is 97.8 cm³/mol. The van der Waals surface area contributed by atoms with Crippen LogP contribution in [0.4, 0.5) is 5.69 Å². The molecule has 0 radical (unpaired) electrons. The Kier molecular flexibility index (Phi) is 5.14. The lowest BCUT2D eigenvalue weighted by atomic mass is 10.3. The van der Waals surface area contributed by atoms with E-state index in [9.17, 15) is 4.79 Å². The molecule has 1 atom stereocenters. The number of amides is 1. The van der Waals surface area contributed by atoms with E-state index in [1.807, 2.05) is 48.7 Å². The van der Waals surface area contributed by atoms with Crippen molar-refractivity contribution in [3.8, 4) is 10.7 Å². The molecule has 3 aromatic rings. The molecule has 5 nitrogen and oxygen atoms in total. The summed E-state index contributed by atoms with van der Waals surface area (Å²) in [5.41, 5.74) is 0.764. The van der Waals surface area contributed by atoms with E-state index in [0.29, 0.717) is 5.16 Å². The van der Waals surface area contributed by atoms with E-state index >= 15 is 0 Å². The van der Waals surface area contributed by atoms with Crippen LogP contribution in [0.2, 0.25) is 0 Å². The number of nitrogens with zero attached hydrogens (tertiary/aromatic N) is 2. The minimum atomic E-state index is -0.300. The number of anilines is 1. The second-order valence-electron chi connectivity index (χ2n) is 4.70. The maximum atomic E-state index is 12.2. The Hall–Kier alpha value is -1.64. The zero-order valence-electron chi connectivity index (χ0n) is 12.1.